The van der Waals surface area contributed by atoms with Crippen LogP contribution in [0.3, 0.4) is 0 Å². The number of hydrogen-bond acceptors (Lipinski definition) is 1. The fourth-order valence-electron chi connectivity index (χ4n) is 3.29. The average molecular weight is 220 g/mol. The van der Waals surface area contributed by atoms with Gasteiger partial charge in [-0.15, -0.1) is 0 Å². The van der Waals surface area contributed by atoms with Gasteiger partial charge in [-0.2, -0.15) is 0 Å². The first-order chi connectivity index (χ1) is 7.43. The normalized spacial score (nSPS) is 38.2. The first-order valence-corrected chi connectivity index (χ1v) is 6.46. The molecule has 0 bridgehead atoms. The Morgan fingerprint density at radius 2 is 1.94 bits per heavy atom. The molecule has 0 amide bonds. The lowest BCUT2D eigenvalue weighted by Crippen LogP contribution is -2.30. The van der Waals surface area contributed by atoms with Crippen LogP contribution in [0.4, 0.5) is 0 Å². The molecule has 16 heavy (non-hydrogen) atoms. The van der Waals surface area contributed by atoms with Crippen molar-refractivity contribution in [2.45, 2.75) is 53.1 Å². The second-order valence-electron chi connectivity index (χ2n) is 6.12. The Kier molecular flexibility index (Phi) is 3.00. The van der Waals surface area contributed by atoms with Crippen LogP contribution in [0.1, 0.15) is 47.0 Å². The Bertz CT molecular complexity index is 335. The molecule has 0 fully saturated rings. The molecule has 0 saturated carbocycles. The second kappa shape index (κ2) is 4.03. The van der Waals surface area contributed by atoms with Gasteiger partial charge in [0.2, 0.25) is 0 Å². The molecule has 0 radical (unpaired) electrons. The molecule has 3 unspecified atom stereocenters. The molecule has 0 heterocycles. The van der Waals surface area contributed by atoms with Gasteiger partial charge in [-0.3, -0.25) is 0 Å². The fraction of sp³-hybridized carbons (Fsp3) is 0.733. The summed E-state index contributed by atoms with van der Waals surface area (Å²) in [5.41, 5.74) is 3.05. The van der Waals surface area contributed by atoms with E-state index in [9.17, 15) is 5.11 Å². The summed E-state index contributed by atoms with van der Waals surface area (Å²) in [5.74, 6) is 1.39. The molecule has 0 saturated heterocycles. The van der Waals surface area contributed by atoms with Gasteiger partial charge in [0.25, 0.3) is 0 Å². The third-order valence-corrected chi connectivity index (χ3v) is 4.91. The molecule has 2 rings (SSSR count). The SMILES string of the molecule is CC1=CC(C2CC=C(C)C2(C)C)CCC1O. The molecular weight excluding hydrogens is 196 g/mol. The van der Waals surface area contributed by atoms with Crippen molar-refractivity contribution in [3.8, 4) is 0 Å². The molecule has 0 aromatic rings. The van der Waals surface area contributed by atoms with E-state index < -0.39 is 0 Å². The lowest BCUT2D eigenvalue weighted by atomic mass is 9.68. The van der Waals surface area contributed by atoms with E-state index in [0.717, 1.165) is 18.8 Å². The maximum atomic E-state index is 9.74. The van der Waals surface area contributed by atoms with Crippen LogP contribution >= 0.6 is 0 Å². The van der Waals surface area contributed by atoms with Crippen molar-refractivity contribution in [2.24, 2.45) is 17.3 Å². The molecular formula is C15H24O. The standard InChI is InChI=1S/C15H24O/c1-10-9-12(6-8-14(10)16)13-7-5-11(2)15(13,3)4/h5,9,12-14,16H,6-8H2,1-4H3. The van der Waals surface area contributed by atoms with Crippen LogP contribution in [-0.2, 0) is 0 Å². The summed E-state index contributed by atoms with van der Waals surface area (Å²) in [4.78, 5) is 0. The molecule has 0 aromatic carbocycles. The van der Waals surface area contributed by atoms with Crippen LogP contribution in [0.15, 0.2) is 23.3 Å². The van der Waals surface area contributed by atoms with Crippen molar-refractivity contribution in [1.29, 1.82) is 0 Å². The molecule has 0 aliphatic heterocycles. The Hall–Kier alpha value is -0.560. The molecule has 1 heteroatoms. The summed E-state index contributed by atoms with van der Waals surface area (Å²) in [6.07, 6.45) is 7.84. The van der Waals surface area contributed by atoms with E-state index in [-0.39, 0.29) is 6.10 Å². The second-order valence-corrected chi connectivity index (χ2v) is 6.12. The predicted octanol–water partition coefficient (Wildman–Crippen LogP) is 3.70. The quantitative estimate of drug-likeness (QED) is 0.668. The molecule has 90 valence electrons. The van der Waals surface area contributed by atoms with Crippen LogP contribution < -0.4 is 0 Å². The maximum absolute atomic E-state index is 9.74. The number of aliphatic hydroxyl groups excluding tert-OH is 1. The lowest BCUT2D eigenvalue weighted by molar-refractivity contribution is 0.149. The summed E-state index contributed by atoms with van der Waals surface area (Å²) in [6.45, 7) is 9.06. The van der Waals surface area contributed by atoms with Crippen LogP contribution in [0.5, 0.6) is 0 Å². The van der Waals surface area contributed by atoms with Gasteiger partial charge >= 0.3 is 0 Å². The van der Waals surface area contributed by atoms with Gasteiger partial charge in [-0.1, -0.05) is 31.6 Å². The zero-order valence-corrected chi connectivity index (χ0v) is 11.0. The third kappa shape index (κ3) is 1.86. The Morgan fingerprint density at radius 1 is 1.25 bits per heavy atom. The fourth-order valence-corrected chi connectivity index (χ4v) is 3.29. The first-order valence-electron chi connectivity index (χ1n) is 6.46. The topological polar surface area (TPSA) is 20.2 Å². The lowest BCUT2D eigenvalue weighted by Gasteiger charge is -2.37. The number of hydrogen-bond donors (Lipinski definition) is 1. The van der Waals surface area contributed by atoms with E-state index in [4.69, 9.17) is 0 Å². The van der Waals surface area contributed by atoms with E-state index in [2.05, 4.69) is 39.8 Å². The van der Waals surface area contributed by atoms with Gasteiger partial charge in [0.1, 0.15) is 0 Å². The van der Waals surface area contributed by atoms with Gasteiger partial charge in [-0.05, 0) is 55.9 Å². The molecule has 1 N–H and O–H groups in total. The average Bonchev–Trinajstić information content (AvgIpc) is 2.47. The van der Waals surface area contributed by atoms with Gasteiger partial charge in [-0.25, -0.2) is 0 Å². The minimum atomic E-state index is -0.185. The van der Waals surface area contributed by atoms with Crippen LogP contribution in [0, 0.1) is 17.3 Å². The van der Waals surface area contributed by atoms with Crippen LogP contribution in [0.2, 0.25) is 0 Å². The van der Waals surface area contributed by atoms with E-state index >= 15 is 0 Å². The van der Waals surface area contributed by atoms with Gasteiger partial charge < -0.3 is 5.11 Å². The largest absolute Gasteiger partial charge is 0.389 e. The van der Waals surface area contributed by atoms with Crippen molar-refractivity contribution in [3.05, 3.63) is 23.3 Å². The van der Waals surface area contributed by atoms with Crippen molar-refractivity contribution < 1.29 is 5.11 Å². The minimum Gasteiger partial charge on any atom is -0.389 e. The highest BCUT2D eigenvalue weighted by Crippen LogP contribution is 2.49. The van der Waals surface area contributed by atoms with Crippen molar-refractivity contribution in [2.75, 3.05) is 0 Å². The Balaban J connectivity index is 2.17. The number of aliphatic hydroxyl groups is 1. The van der Waals surface area contributed by atoms with E-state index in [0.29, 0.717) is 11.3 Å². The third-order valence-electron chi connectivity index (χ3n) is 4.91. The monoisotopic (exact) mass is 220 g/mol. The minimum absolute atomic E-state index is 0.185. The maximum Gasteiger partial charge on any atom is 0.0747 e. The molecule has 2 aliphatic rings. The zero-order chi connectivity index (χ0) is 11.9. The van der Waals surface area contributed by atoms with E-state index in [1.807, 2.05) is 0 Å². The van der Waals surface area contributed by atoms with Gasteiger partial charge in [0, 0.05) is 0 Å². The summed E-state index contributed by atoms with van der Waals surface area (Å²) in [7, 11) is 0. The summed E-state index contributed by atoms with van der Waals surface area (Å²) in [6, 6.07) is 0. The highest BCUT2D eigenvalue weighted by molar-refractivity contribution is 5.22. The Labute approximate surface area is 99.3 Å². The van der Waals surface area contributed by atoms with Crippen molar-refractivity contribution >= 4 is 0 Å². The van der Waals surface area contributed by atoms with Crippen molar-refractivity contribution in [1.82, 2.24) is 0 Å². The predicted molar refractivity (Wildman–Crippen MR) is 68.1 cm³/mol. The van der Waals surface area contributed by atoms with Crippen LogP contribution in [-0.4, -0.2) is 11.2 Å². The summed E-state index contributed by atoms with van der Waals surface area (Å²) >= 11 is 0. The zero-order valence-electron chi connectivity index (χ0n) is 11.0. The molecule has 3 atom stereocenters. The van der Waals surface area contributed by atoms with Crippen molar-refractivity contribution in [3.63, 3.8) is 0 Å². The summed E-state index contributed by atoms with van der Waals surface area (Å²) in [5, 5.41) is 9.74. The highest BCUT2D eigenvalue weighted by atomic mass is 16.3. The van der Waals surface area contributed by atoms with E-state index in [1.165, 1.54) is 17.6 Å². The smallest absolute Gasteiger partial charge is 0.0747 e. The molecule has 1 nitrogen and oxygen atoms in total. The first kappa shape index (κ1) is 11.9. The number of rotatable bonds is 1. The van der Waals surface area contributed by atoms with Gasteiger partial charge in [0.05, 0.1) is 6.10 Å². The van der Waals surface area contributed by atoms with E-state index in [1.54, 1.807) is 0 Å². The van der Waals surface area contributed by atoms with Gasteiger partial charge in [0.15, 0.2) is 0 Å². The highest BCUT2D eigenvalue weighted by Gasteiger charge is 2.39. The van der Waals surface area contributed by atoms with Crippen LogP contribution in [0.25, 0.3) is 0 Å². The Morgan fingerprint density at radius 3 is 2.44 bits per heavy atom. The summed E-state index contributed by atoms with van der Waals surface area (Å²) < 4.78 is 0. The molecule has 2 aliphatic carbocycles. The number of allylic oxidation sites excluding steroid dienone is 3. The molecule has 0 spiro atoms. The molecule has 0 aromatic heterocycles.